The second-order valence-electron chi connectivity index (χ2n) is 3.89. The van der Waals surface area contributed by atoms with E-state index in [1.807, 2.05) is 20.8 Å². The number of non-ortho nitro benzene ring substituents is 1. The molecule has 0 radical (unpaired) electrons. The van der Waals surface area contributed by atoms with Crippen LogP contribution in [0.5, 0.6) is 0 Å². The number of nitro benzene ring substituents is 1. The van der Waals surface area contributed by atoms with Gasteiger partial charge in [0.2, 0.25) is 0 Å². The van der Waals surface area contributed by atoms with Crippen LogP contribution < -0.4 is 0 Å². The highest BCUT2D eigenvalue weighted by Crippen LogP contribution is 2.10. The highest BCUT2D eigenvalue weighted by molar-refractivity contribution is 5.75. The van der Waals surface area contributed by atoms with E-state index in [9.17, 15) is 14.9 Å². The lowest BCUT2D eigenvalue weighted by Gasteiger charge is -2.09. The van der Waals surface area contributed by atoms with Crippen molar-refractivity contribution in [1.29, 1.82) is 0 Å². The lowest BCUT2D eigenvalue weighted by molar-refractivity contribution is -0.384. The molecule has 0 fully saturated rings. The predicted molar refractivity (Wildman–Crippen MR) is 96.6 cm³/mol. The number of carbonyl (C=O) groups excluding carboxylic acids is 1. The van der Waals surface area contributed by atoms with Crippen LogP contribution in [0.15, 0.2) is 37.4 Å². The summed E-state index contributed by atoms with van der Waals surface area (Å²) in [7, 11) is 0. The van der Waals surface area contributed by atoms with Crippen LogP contribution in [0, 0.1) is 10.1 Å². The van der Waals surface area contributed by atoms with Crippen molar-refractivity contribution in [2.24, 2.45) is 0 Å². The number of hydrogen-bond donors (Lipinski definition) is 2. The molecule has 0 heterocycles. The van der Waals surface area contributed by atoms with E-state index in [4.69, 9.17) is 19.7 Å². The molecule has 0 bridgehead atoms. The van der Waals surface area contributed by atoms with Crippen molar-refractivity contribution in [2.75, 3.05) is 26.4 Å². The second kappa shape index (κ2) is 21.9. The molecule has 1 rings (SSSR count). The first-order chi connectivity index (χ1) is 12.0. The van der Waals surface area contributed by atoms with Gasteiger partial charge in [-0.25, -0.2) is 0 Å². The molecule has 2 N–H and O–H groups in total. The largest absolute Gasteiger partial charge is 0.394 e. The summed E-state index contributed by atoms with van der Waals surface area (Å²) in [5.41, 5.74) is 0.436. The third kappa shape index (κ3) is 19.8. The number of aliphatic hydroxyl groups excluding tert-OH is 2. The first-order valence-electron chi connectivity index (χ1n) is 7.61. The fourth-order valence-electron chi connectivity index (χ4n) is 1.19. The van der Waals surface area contributed by atoms with Crippen LogP contribution >= 0.6 is 0 Å². The van der Waals surface area contributed by atoms with E-state index in [0.717, 1.165) is 13.2 Å². The predicted octanol–water partition coefficient (Wildman–Crippen LogP) is 2.59. The Morgan fingerprint density at radius 2 is 1.52 bits per heavy atom. The lowest BCUT2D eigenvalue weighted by Crippen LogP contribution is -2.11. The Morgan fingerprint density at radius 3 is 1.76 bits per heavy atom. The zero-order valence-corrected chi connectivity index (χ0v) is 15.1. The number of ether oxygens (including phenoxy) is 2. The summed E-state index contributed by atoms with van der Waals surface area (Å²) in [4.78, 5) is 19.7. The molecule has 0 amide bonds. The molecule has 0 aliphatic rings. The van der Waals surface area contributed by atoms with Gasteiger partial charge in [-0.05, 0) is 32.9 Å². The van der Waals surface area contributed by atoms with Gasteiger partial charge < -0.3 is 19.7 Å². The fraction of sp³-hybridized carbons (Fsp3) is 0.471. The number of aldehydes is 1. The number of nitrogens with zero attached hydrogens (tertiary/aromatic N) is 1. The summed E-state index contributed by atoms with van der Waals surface area (Å²) in [6, 6.07) is 5.41. The van der Waals surface area contributed by atoms with Gasteiger partial charge in [0.15, 0.2) is 6.29 Å². The summed E-state index contributed by atoms with van der Waals surface area (Å²) in [5.74, 6) is 0. The summed E-state index contributed by atoms with van der Waals surface area (Å²) in [6.07, 6.45) is 0.606. The minimum atomic E-state index is -0.505. The molecule has 0 aliphatic carbocycles. The van der Waals surface area contributed by atoms with Crippen LogP contribution in [0.2, 0.25) is 0 Å². The van der Waals surface area contributed by atoms with Gasteiger partial charge in [0.1, 0.15) is 6.29 Å². The average Bonchev–Trinajstić information content (AvgIpc) is 2.64. The molecule has 25 heavy (non-hydrogen) atoms. The molecule has 0 saturated carbocycles. The molecule has 0 aliphatic heterocycles. The van der Waals surface area contributed by atoms with Crippen LogP contribution in [-0.4, -0.2) is 54.1 Å². The van der Waals surface area contributed by atoms with Gasteiger partial charge in [0.05, 0.1) is 18.1 Å². The van der Waals surface area contributed by atoms with Gasteiger partial charge in [-0.15, -0.1) is 13.2 Å². The Morgan fingerprint density at radius 1 is 1.12 bits per heavy atom. The number of nitro groups is 1. The molecular weight excluding hydrogens is 330 g/mol. The summed E-state index contributed by atoms with van der Waals surface area (Å²) >= 11 is 0. The number of aliphatic hydroxyl groups is 2. The monoisotopic (exact) mass is 359 g/mol. The molecule has 1 aromatic carbocycles. The van der Waals surface area contributed by atoms with Crippen molar-refractivity contribution < 1.29 is 29.4 Å². The summed E-state index contributed by atoms with van der Waals surface area (Å²) in [5, 5.41) is 25.4. The maximum absolute atomic E-state index is 10.1. The molecule has 0 spiro atoms. The van der Waals surface area contributed by atoms with Crippen molar-refractivity contribution in [1.82, 2.24) is 0 Å². The standard InChI is InChI=1S/C7H5NO3.C6H14O2.C2H6O2.C2H4/c9-5-6-1-3-7(4-2-6)8(10)11;1-4-7-6(3)8-5-2;3-1-2-4;1-2/h1-5H;6H,4-5H2,1-3H3;3-4H,1-2H2;1-2H2. The van der Waals surface area contributed by atoms with Crippen molar-refractivity contribution in [3.8, 4) is 0 Å². The molecule has 0 aromatic heterocycles. The zero-order chi connectivity index (χ0) is 20.1. The van der Waals surface area contributed by atoms with Crippen molar-refractivity contribution in [3.63, 3.8) is 0 Å². The van der Waals surface area contributed by atoms with E-state index in [-0.39, 0.29) is 25.2 Å². The van der Waals surface area contributed by atoms with Crippen molar-refractivity contribution in [2.45, 2.75) is 27.1 Å². The van der Waals surface area contributed by atoms with Gasteiger partial charge in [-0.1, -0.05) is 0 Å². The van der Waals surface area contributed by atoms with E-state index < -0.39 is 4.92 Å². The molecule has 0 saturated heterocycles. The number of carbonyl (C=O) groups is 1. The first-order valence-corrected chi connectivity index (χ1v) is 7.61. The zero-order valence-electron chi connectivity index (χ0n) is 15.1. The van der Waals surface area contributed by atoms with Crippen LogP contribution in [0.25, 0.3) is 0 Å². The molecule has 0 unspecified atom stereocenters. The molecule has 1 aromatic rings. The Kier molecular flexibility index (Phi) is 24.2. The minimum absolute atomic E-state index is 0.00407. The van der Waals surface area contributed by atoms with Gasteiger partial charge in [-0.2, -0.15) is 0 Å². The summed E-state index contributed by atoms with van der Waals surface area (Å²) < 4.78 is 10.1. The Bertz CT molecular complexity index is 416. The maximum Gasteiger partial charge on any atom is 0.269 e. The number of benzene rings is 1. The quantitative estimate of drug-likeness (QED) is 0.252. The third-order valence-corrected chi connectivity index (χ3v) is 2.14. The first kappa shape index (κ1) is 27.7. The lowest BCUT2D eigenvalue weighted by atomic mass is 10.2. The van der Waals surface area contributed by atoms with Gasteiger partial charge in [0.25, 0.3) is 5.69 Å². The third-order valence-electron chi connectivity index (χ3n) is 2.14. The highest BCUT2D eigenvalue weighted by Gasteiger charge is 2.02. The van der Waals surface area contributed by atoms with Crippen LogP contribution in [0.1, 0.15) is 31.1 Å². The molecule has 144 valence electrons. The maximum atomic E-state index is 10.1. The SMILES string of the molecule is C=C.CCOC(C)OCC.O=Cc1ccc([N+](=O)[O-])cc1.OCCO. The summed E-state index contributed by atoms with van der Waals surface area (Å²) in [6.45, 7) is 13.0. The average molecular weight is 359 g/mol. The van der Waals surface area contributed by atoms with E-state index in [2.05, 4.69) is 13.2 Å². The Hall–Kier alpha value is -2.13. The van der Waals surface area contributed by atoms with Gasteiger partial charge in [-0.3, -0.25) is 14.9 Å². The van der Waals surface area contributed by atoms with Gasteiger partial charge in [0, 0.05) is 30.9 Å². The van der Waals surface area contributed by atoms with Crippen molar-refractivity contribution >= 4 is 12.0 Å². The van der Waals surface area contributed by atoms with Crippen molar-refractivity contribution in [3.05, 3.63) is 53.1 Å². The fourth-order valence-corrected chi connectivity index (χ4v) is 1.19. The topological polar surface area (TPSA) is 119 Å². The minimum Gasteiger partial charge on any atom is -0.394 e. The second-order valence-corrected chi connectivity index (χ2v) is 3.89. The van der Waals surface area contributed by atoms with Crippen LogP contribution in [0.4, 0.5) is 5.69 Å². The molecular formula is C17H29NO7. The van der Waals surface area contributed by atoms with Gasteiger partial charge >= 0.3 is 0 Å². The number of rotatable bonds is 7. The van der Waals surface area contributed by atoms with E-state index >= 15 is 0 Å². The Balaban J connectivity index is -0.000000304. The highest BCUT2D eigenvalue weighted by atomic mass is 16.7. The Labute approximate surface area is 148 Å². The van der Waals surface area contributed by atoms with E-state index in [1.54, 1.807) is 0 Å². The molecule has 0 atom stereocenters. The molecule has 8 heteroatoms. The van der Waals surface area contributed by atoms with Crippen LogP contribution in [0.3, 0.4) is 0 Å². The van der Waals surface area contributed by atoms with E-state index in [0.29, 0.717) is 11.8 Å². The van der Waals surface area contributed by atoms with E-state index in [1.165, 1.54) is 24.3 Å². The van der Waals surface area contributed by atoms with Crippen LogP contribution in [-0.2, 0) is 9.47 Å². The normalized spacial score (nSPS) is 8.72. The smallest absolute Gasteiger partial charge is 0.269 e. The molecule has 8 nitrogen and oxygen atoms in total. The number of hydrogen-bond acceptors (Lipinski definition) is 7.